The molecule has 0 bridgehead atoms. The lowest BCUT2D eigenvalue weighted by atomic mass is 10.2. The molecule has 0 saturated carbocycles. The Balaban J connectivity index is 1.71. The second-order valence-electron chi connectivity index (χ2n) is 5.84. The van der Waals surface area contributed by atoms with Crippen molar-refractivity contribution in [2.24, 2.45) is 0 Å². The number of nitro groups is 1. The molecule has 3 rings (SSSR count). The first kappa shape index (κ1) is 19.4. The summed E-state index contributed by atoms with van der Waals surface area (Å²) in [5, 5.41) is 14.5. The molecule has 0 radical (unpaired) electrons. The van der Waals surface area contributed by atoms with E-state index in [0.717, 1.165) is 11.3 Å². The van der Waals surface area contributed by atoms with Gasteiger partial charge in [0.05, 0.1) is 29.5 Å². The highest BCUT2D eigenvalue weighted by Crippen LogP contribution is 2.29. The molecular weight excluding hydrogens is 380 g/mol. The number of aryl methyl sites for hydroxylation is 1. The van der Waals surface area contributed by atoms with Gasteiger partial charge in [0, 0.05) is 12.4 Å². The average molecular weight is 398 g/mol. The van der Waals surface area contributed by atoms with E-state index in [0.29, 0.717) is 10.9 Å². The molecule has 0 aliphatic heterocycles. The lowest BCUT2D eigenvalue weighted by Gasteiger charge is -2.10. The minimum Gasteiger partial charge on any atom is -0.496 e. The Labute approximate surface area is 165 Å². The van der Waals surface area contributed by atoms with Crippen LogP contribution in [-0.2, 0) is 4.79 Å². The maximum absolute atomic E-state index is 12.3. The standard InChI is InChI=1S/C19H18N4O4S/c1-13-5-3-4-6-16(13)22-10-9-20-19(22)28-12-18(24)21-15-8-7-14(27-2)11-17(15)23(25)26/h3-11H,12H2,1-2H3,(H,21,24). The van der Waals surface area contributed by atoms with E-state index in [1.807, 2.05) is 42.0 Å². The lowest BCUT2D eigenvalue weighted by Crippen LogP contribution is -2.15. The van der Waals surface area contributed by atoms with E-state index in [-0.39, 0.29) is 23.0 Å². The van der Waals surface area contributed by atoms with Crippen molar-refractivity contribution in [3.8, 4) is 11.4 Å². The molecule has 28 heavy (non-hydrogen) atoms. The van der Waals surface area contributed by atoms with Gasteiger partial charge in [-0.25, -0.2) is 4.98 Å². The third-order valence-electron chi connectivity index (χ3n) is 3.99. The Morgan fingerprint density at radius 3 is 2.82 bits per heavy atom. The molecule has 1 N–H and O–H groups in total. The zero-order valence-corrected chi connectivity index (χ0v) is 16.1. The van der Waals surface area contributed by atoms with E-state index in [1.54, 1.807) is 12.3 Å². The monoisotopic (exact) mass is 398 g/mol. The highest BCUT2D eigenvalue weighted by atomic mass is 32.2. The first-order chi connectivity index (χ1) is 13.5. The summed E-state index contributed by atoms with van der Waals surface area (Å²) < 4.78 is 6.90. The topological polar surface area (TPSA) is 99.3 Å². The van der Waals surface area contributed by atoms with Crippen LogP contribution in [0.1, 0.15) is 5.56 Å². The van der Waals surface area contributed by atoms with Crippen molar-refractivity contribution in [1.82, 2.24) is 9.55 Å². The molecule has 2 aromatic carbocycles. The number of thioether (sulfide) groups is 1. The Kier molecular flexibility index (Phi) is 5.95. The predicted molar refractivity (Wildman–Crippen MR) is 107 cm³/mol. The first-order valence-corrected chi connectivity index (χ1v) is 9.32. The molecule has 0 aliphatic carbocycles. The Bertz CT molecular complexity index is 1020. The van der Waals surface area contributed by atoms with Gasteiger partial charge in [-0.1, -0.05) is 30.0 Å². The number of carbonyl (C=O) groups excluding carboxylic acids is 1. The van der Waals surface area contributed by atoms with Gasteiger partial charge in [0.25, 0.3) is 5.69 Å². The van der Waals surface area contributed by atoms with Crippen LogP contribution >= 0.6 is 11.8 Å². The molecule has 0 aliphatic rings. The molecule has 9 heteroatoms. The summed E-state index contributed by atoms with van der Waals surface area (Å²) in [5.74, 6) is 0.0449. The van der Waals surface area contributed by atoms with Crippen LogP contribution in [0.3, 0.4) is 0 Å². The van der Waals surface area contributed by atoms with Gasteiger partial charge in [-0.3, -0.25) is 19.5 Å². The number of methoxy groups -OCH3 is 1. The van der Waals surface area contributed by atoms with Crippen LogP contribution in [0, 0.1) is 17.0 Å². The van der Waals surface area contributed by atoms with E-state index in [9.17, 15) is 14.9 Å². The number of ether oxygens (including phenoxy) is 1. The Morgan fingerprint density at radius 2 is 2.11 bits per heavy atom. The van der Waals surface area contributed by atoms with Crippen molar-refractivity contribution in [2.75, 3.05) is 18.2 Å². The number of para-hydroxylation sites is 1. The molecule has 0 atom stereocenters. The zero-order valence-electron chi connectivity index (χ0n) is 15.3. The summed E-state index contributed by atoms with van der Waals surface area (Å²) in [6.07, 6.45) is 3.50. The number of nitrogens with zero attached hydrogens (tertiary/aromatic N) is 3. The molecule has 1 amide bonds. The number of rotatable bonds is 7. The molecule has 0 fully saturated rings. The molecule has 0 unspecified atom stereocenters. The summed E-state index contributed by atoms with van der Waals surface area (Å²) in [7, 11) is 1.42. The number of hydrogen-bond acceptors (Lipinski definition) is 6. The van der Waals surface area contributed by atoms with E-state index in [1.165, 1.54) is 31.0 Å². The molecule has 0 spiro atoms. The lowest BCUT2D eigenvalue weighted by molar-refractivity contribution is -0.384. The van der Waals surface area contributed by atoms with Crippen LogP contribution in [0.25, 0.3) is 5.69 Å². The summed E-state index contributed by atoms with van der Waals surface area (Å²) in [4.78, 5) is 27.3. The van der Waals surface area contributed by atoms with Crippen molar-refractivity contribution in [3.63, 3.8) is 0 Å². The van der Waals surface area contributed by atoms with Gasteiger partial charge in [-0.15, -0.1) is 0 Å². The fourth-order valence-corrected chi connectivity index (χ4v) is 3.39. The van der Waals surface area contributed by atoms with Gasteiger partial charge >= 0.3 is 0 Å². The molecule has 144 valence electrons. The molecule has 3 aromatic rings. The minimum atomic E-state index is -0.559. The molecular formula is C19H18N4O4S. The smallest absolute Gasteiger partial charge is 0.296 e. The van der Waals surface area contributed by atoms with Crippen molar-refractivity contribution in [1.29, 1.82) is 0 Å². The van der Waals surface area contributed by atoms with E-state index in [4.69, 9.17) is 4.74 Å². The number of amides is 1. The number of imidazole rings is 1. The summed E-state index contributed by atoms with van der Waals surface area (Å²) >= 11 is 1.25. The number of nitrogens with one attached hydrogen (secondary N) is 1. The van der Waals surface area contributed by atoms with Gasteiger partial charge in [0.15, 0.2) is 5.16 Å². The van der Waals surface area contributed by atoms with Crippen LogP contribution in [0.5, 0.6) is 5.75 Å². The van der Waals surface area contributed by atoms with Crippen molar-refractivity contribution < 1.29 is 14.5 Å². The third kappa shape index (κ3) is 4.32. The van der Waals surface area contributed by atoms with Gasteiger partial charge in [-0.05, 0) is 30.7 Å². The second kappa shape index (κ2) is 8.57. The van der Waals surface area contributed by atoms with Crippen LogP contribution in [-0.4, -0.2) is 33.2 Å². The van der Waals surface area contributed by atoms with Gasteiger partial charge in [0.2, 0.25) is 5.91 Å². The van der Waals surface area contributed by atoms with Crippen LogP contribution in [0.4, 0.5) is 11.4 Å². The second-order valence-corrected chi connectivity index (χ2v) is 6.79. The molecule has 8 nitrogen and oxygen atoms in total. The summed E-state index contributed by atoms with van der Waals surface area (Å²) in [6.45, 7) is 2.00. The highest BCUT2D eigenvalue weighted by Gasteiger charge is 2.18. The number of carbonyl (C=O) groups is 1. The first-order valence-electron chi connectivity index (χ1n) is 8.34. The third-order valence-corrected chi connectivity index (χ3v) is 4.96. The van der Waals surface area contributed by atoms with Crippen molar-refractivity contribution in [2.45, 2.75) is 12.1 Å². The van der Waals surface area contributed by atoms with Gasteiger partial charge in [-0.2, -0.15) is 0 Å². The Hall–Kier alpha value is -3.33. The van der Waals surface area contributed by atoms with E-state index in [2.05, 4.69) is 10.3 Å². The fraction of sp³-hybridized carbons (Fsp3) is 0.158. The summed E-state index contributed by atoms with van der Waals surface area (Å²) in [5.41, 5.74) is 1.96. The van der Waals surface area contributed by atoms with Crippen LogP contribution in [0.15, 0.2) is 60.0 Å². The number of anilines is 1. The molecule has 0 saturated heterocycles. The maximum atomic E-state index is 12.3. The quantitative estimate of drug-likeness (QED) is 0.369. The normalized spacial score (nSPS) is 10.5. The maximum Gasteiger partial charge on any atom is 0.296 e. The van der Waals surface area contributed by atoms with E-state index < -0.39 is 4.92 Å². The number of benzene rings is 2. The van der Waals surface area contributed by atoms with Gasteiger partial charge in [0.1, 0.15) is 11.4 Å². The fourth-order valence-electron chi connectivity index (χ4n) is 2.63. The minimum absolute atomic E-state index is 0.0616. The van der Waals surface area contributed by atoms with Crippen LogP contribution in [0.2, 0.25) is 0 Å². The summed E-state index contributed by atoms with van der Waals surface area (Å²) in [6, 6.07) is 12.1. The highest BCUT2D eigenvalue weighted by molar-refractivity contribution is 7.99. The molecule has 1 aromatic heterocycles. The average Bonchev–Trinajstić information content (AvgIpc) is 3.15. The van der Waals surface area contributed by atoms with Gasteiger partial charge < -0.3 is 10.1 Å². The SMILES string of the molecule is COc1ccc(NC(=O)CSc2nccn2-c2ccccc2C)c([N+](=O)[O-])c1. The van der Waals surface area contributed by atoms with E-state index >= 15 is 0 Å². The van der Waals surface area contributed by atoms with Crippen molar-refractivity contribution in [3.05, 3.63) is 70.5 Å². The Morgan fingerprint density at radius 1 is 1.32 bits per heavy atom. The zero-order chi connectivity index (χ0) is 20.1. The number of hydrogen-bond donors (Lipinski definition) is 1. The van der Waals surface area contributed by atoms with Crippen LogP contribution < -0.4 is 10.1 Å². The largest absolute Gasteiger partial charge is 0.496 e. The van der Waals surface area contributed by atoms with Crippen molar-refractivity contribution >= 4 is 29.0 Å². The molecule has 1 heterocycles. The number of aromatic nitrogens is 2. The number of nitro benzene ring substituents is 1. The predicted octanol–water partition coefficient (Wildman–Crippen LogP) is 3.83.